The number of hydrogen-bond donors (Lipinski definition) is 1. The molecule has 0 bridgehead atoms. The van der Waals surface area contributed by atoms with E-state index in [-0.39, 0.29) is 5.78 Å². The number of fused-ring (bicyclic) bond motifs is 1. The molecule has 1 aliphatic rings. The molecular weight excluding hydrogens is 290 g/mol. The number of thiophene rings is 1. The van der Waals surface area contributed by atoms with Gasteiger partial charge in [0.05, 0.1) is 10.6 Å². The summed E-state index contributed by atoms with van der Waals surface area (Å²) in [6.07, 6.45) is 3.16. The second-order valence-electron chi connectivity index (χ2n) is 7.24. The predicted octanol–water partition coefficient (Wildman–Crippen LogP) is 4.71. The number of benzene rings is 1. The van der Waals surface area contributed by atoms with Gasteiger partial charge in [0.2, 0.25) is 0 Å². The van der Waals surface area contributed by atoms with Gasteiger partial charge in [-0.3, -0.25) is 4.79 Å². The Morgan fingerprint density at radius 3 is 2.55 bits per heavy atom. The molecule has 2 aromatic rings. The lowest BCUT2D eigenvalue weighted by Gasteiger charge is -2.33. The monoisotopic (exact) mass is 313 g/mol. The minimum Gasteiger partial charge on any atom is -0.390 e. The lowest BCUT2D eigenvalue weighted by Crippen LogP contribution is -2.26. The topological polar surface area (TPSA) is 43.1 Å². The summed E-state index contributed by atoms with van der Waals surface area (Å²) in [5.41, 5.74) is 9.21. The maximum absolute atomic E-state index is 12.8. The fourth-order valence-corrected chi connectivity index (χ4v) is 4.52. The summed E-state index contributed by atoms with van der Waals surface area (Å²) in [4.78, 5) is 14.1. The lowest BCUT2D eigenvalue weighted by molar-refractivity contribution is 0.103. The van der Waals surface area contributed by atoms with Crippen LogP contribution in [0.4, 0.5) is 5.00 Å². The van der Waals surface area contributed by atoms with Crippen LogP contribution in [0.5, 0.6) is 0 Å². The summed E-state index contributed by atoms with van der Waals surface area (Å²) in [5.74, 6) is 0.738. The molecule has 1 aromatic carbocycles. The number of nitrogen functional groups attached to an aromatic ring is 1. The number of rotatable bonds is 2. The van der Waals surface area contributed by atoms with Crippen LogP contribution >= 0.6 is 11.3 Å². The third-order valence-corrected chi connectivity index (χ3v) is 5.86. The molecule has 0 spiro atoms. The smallest absolute Gasteiger partial charge is 0.196 e. The minimum atomic E-state index is 0.0739. The van der Waals surface area contributed by atoms with Crippen LogP contribution < -0.4 is 5.73 Å². The zero-order chi connectivity index (χ0) is 15.9. The quantitative estimate of drug-likeness (QED) is 0.816. The highest BCUT2D eigenvalue weighted by atomic mass is 32.1. The normalized spacial score (nSPS) is 18.0. The highest BCUT2D eigenvalue weighted by Gasteiger charge is 2.33. The van der Waals surface area contributed by atoms with Gasteiger partial charge in [0.1, 0.15) is 0 Å². The van der Waals surface area contributed by atoms with E-state index in [0.717, 1.165) is 30.4 Å². The summed E-state index contributed by atoms with van der Waals surface area (Å²) >= 11 is 1.62. The van der Waals surface area contributed by atoms with Crippen molar-refractivity contribution in [3.05, 3.63) is 51.9 Å². The molecule has 0 saturated carbocycles. The molecule has 1 aromatic heterocycles. The highest BCUT2D eigenvalue weighted by Crippen LogP contribution is 2.43. The lowest BCUT2D eigenvalue weighted by atomic mass is 9.72. The predicted molar refractivity (Wildman–Crippen MR) is 93.6 cm³/mol. The first-order chi connectivity index (χ1) is 10.4. The highest BCUT2D eigenvalue weighted by molar-refractivity contribution is 7.16. The molecule has 2 N–H and O–H groups in total. The first kappa shape index (κ1) is 15.3. The van der Waals surface area contributed by atoms with E-state index in [4.69, 9.17) is 5.73 Å². The second kappa shape index (κ2) is 5.54. The molecule has 0 radical (unpaired) electrons. The van der Waals surface area contributed by atoms with Crippen molar-refractivity contribution >= 4 is 22.1 Å². The Kier molecular flexibility index (Phi) is 3.85. The zero-order valence-corrected chi connectivity index (χ0v) is 14.3. The summed E-state index contributed by atoms with van der Waals surface area (Å²) in [5, 5.41) is 0.688. The van der Waals surface area contributed by atoms with Crippen molar-refractivity contribution in [2.45, 2.75) is 40.0 Å². The van der Waals surface area contributed by atoms with Gasteiger partial charge in [0, 0.05) is 10.4 Å². The van der Waals surface area contributed by atoms with Gasteiger partial charge in [0.25, 0.3) is 0 Å². The maximum atomic E-state index is 12.8. The average Bonchev–Trinajstić information content (AvgIpc) is 2.81. The molecule has 0 amide bonds. The van der Waals surface area contributed by atoms with Gasteiger partial charge in [0.15, 0.2) is 5.78 Å². The van der Waals surface area contributed by atoms with Crippen LogP contribution in [0.1, 0.15) is 53.6 Å². The maximum Gasteiger partial charge on any atom is 0.196 e. The van der Waals surface area contributed by atoms with E-state index in [1.165, 1.54) is 10.4 Å². The van der Waals surface area contributed by atoms with Crippen LogP contribution in [0.15, 0.2) is 30.3 Å². The summed E-state index contributed by atoms with van der Waals surface area (Å²) in [7, 11) is 0. The first-order valence-corrected chi connectivity index (χ1v) is 8.69. The van der Waals surface area contributed by atoms with Crippen LogP contribution in [0.25, 0.3) is 0 Å². The molecule has 0 saturated heterocycles. The van der Waals surface area contributed by atoms with Crippen LogP contribution in [-0.4, -0.2) is 5.78 Å². The van der Waals surface area contributed by atoms with Gasteiger partial charge in [-0.2, -0.15) is 0 Å². The molecule has 1 atom stereocenters. The Labute approximate surface area is 136 Å². The fourth-order valence-electron chi connectivity index (χ4n) is 3.33. The Bertz CT molecular complexity index is 694. The van der Waals surface area contributed by atoms with E-state index in [2.05, 4.69) is 20.8 Å². The largest absolute Gasteiger partial charge is 0.390 e. The molecule has 116 valence electrons. The molecule has 0 aliphatic heterocycles. The third kappa shape index (κ3) is 2.70. The van der Waals surface area contributed by atoms with Crippen LogP contribution in [0.3, 0.4) is 0 Å². The van der Waals surface area contributed by atoms with E-state index >= 15 is 0 Å². The second-order valence-corrected chi connectivity index (χ2v) is 8.38. The Morgan fingerprint density at radius 1 is 1.23 bits per heavy atom. The van der Waals surface area contributed by atoms with Crippen molar-refractivity contribution in [1.82, 2.24) is 0 Å². The van der Waals surface area contributed by atoms with Crippen molar-refractivity contribution in [3.63, 3.8) is 0 Å². The van der Waals surface area contributed by atoms with Crippen molar-refractivity contribution in [2.75, 3.05) is 5.73 Å². The molecule has 1 heterocycles. The average molecular weight is 313 g/mol. The van der Waals surface area contributed by atoms with E-state index in [0.29, 0.717) is 16.3 Å². The summed E-state index contributed by atoms with van der Waals surface area (Å²) < 4.78 is 0. The number of ketones is 1. The number of carbonyl (C=O) groups is 1. The summed E-state index contributed by atoms with van der Waals surface area (Å²) in [6, 6.07) is 9.46. The Balaban J connectivity index is 1.96. The van der Waals surface area contributed by atoms with E-state index < -0.39 is 0 Å². The van der Waals surface area contributed by atoms with E-state index in [1.54, 1.807) is 11.3 Å². The van der Waals surface area contributed by atoms with Crippen LogP contribution in [-0.2, 0) is 12.8 Å². The number of carbonyl (C=O) groups excluding carboxylic acids is 1. The molecule has 1 unspecified atom stereocenters. The van der Waals surface area contributed by atoms with Gasteiger partial charge in [-0.25, -0.2) is 0 Å². The van der Waals surface area contributed by atoms with E-state index in [1.807, 2.05) is 30.3 Å². The van der Waals surface area contributed by atoms with Crippen molar-refractivity contribution in [2.24, 2.45) is 11.3 Å². The molecule has 1 aliphatic carbocycles. The van der Waals surface area contributed by atoms with Gasteiger partial charge < -0.3 is 5.73 Å². The van der Waals surface area contributed by atoms with Gasteiger partial charge >= 0.3 is 0 Å². The fraction of sp³-hybridized carbons (Fsp3) is 0.421. The number of hydrogen-bond acceptors (Lipinski definition) is 3. The van der Waals surface area contributed by atoms with Gasteiger partial charge in [-0.1, -0.05) is 51.1 Å². The molecule has 22 heavy (non-hydrogen) atoms. The Morgan fingerprint density at radius 2 is 1.91 bits per heavy atom. The first-order valence-electron chi connectivity index (χ1n) is 7.87. The van der Waals surface area contributed by atoms with Crippen LogP contribution in [0, 0.1) is 11.3 Å². The third-order valence-electron chi connectivity index (χ3n) is 4.78. The van der Waals surface area contributed by atoms with Crippen molar-refractivity contribution in [3.8, 4) is 0 Å². The summed E-state index contributed by atoms with van der Waals surface area (Å²) in [6.45, 7) is 6.90. The zero-order valence-electron chi connectivity index (χ0n) is 13.5. The SMILES string of the molecule is CC(C)(C)C1CCc2c(sc(N)c2C(=O)c2ccccc2)C1. The Hall–Kier alpha value is -1.61. The standard InChI is InChI=1S/C19H23NOS/c1-19(2,3)13-9-10-14-15(11-13)22-18(20)16(14)17(21)12-7-5-4-6-8-12/h4-8,13H,9-11,20H2,1-3H3. The molecular formula is C19H23NOS. The van der Waals surface area contributed by atoms with Gasteiger partial charge in [-0.15, -0.1) is 11.3 Å². The molecule has 3 rings (SSSR count). The van der Waals surface area contributed by atoms with Crippen molar-refractivity contribution in [1.29, 1.82) is 0 Å². The number of anilines is 1. The van der Waals surface area contributed by atoms with Crippen molar-refractivity contribution < 1.29 is 4.79 Å². The minimum absolute atomic E-state index is 0.0739. The number of nitrogens with two attached hydrogens (primary N) is 1. The molecule has 2 nitrogen and oxygen atoms in total. The van der Waals surface area contributed by atoms with E-state index in [9.17, 15) is 4.79 Å². The van der Waals surface area contributed by atoms with Gasteiger partial charge in [-0.05, 0) is 36.2 Å². The van der Waals surface area contributed by atoms with Crippen LogP contribution in [0.2, 0.25) is 0 Å². The molecule has 0 fully saturated rings. The molecule has 3 heteroatoms.